The molecule has 1 aliphatic heterocycles. The lowest BCUT2D eigenvalue weighted by atomic mass is 9.75. The predicted molar refractivity (Wildman–Crippen MR) is 102 cm³/mol. The van der Waals surface area contributed by atoms with Crippen molar-refractivity contribution < 1.29 is 14.1 Å². The van der Waals surface area contributed by atoms with Gasteiger partial charge in [0.05, 0.1) is 17.2 Å². The van der Waals surface area contributed by atoms with Gasteiger partial charge in [-0.05, 0) is 23.8 Å². The smallest absolute Gasteiger partial charge is 0.230 e. The number of amides is 1. The normalized spacial score (nSPS) is 19.8. The van der Waals surface area contributed by atoms with E-state index in [4.69, 9.17) is 4.52 Å². The van der Waals surface area contributed by atoms with E-state index in [0.29, 0.717) is 36.3 Å². The Balaban J connectivity index is 1.66. The largest absolute Gasteiger partial charge is 0.360 e. The molecule has 0 saturated carbocycles. The fourth-order valence-corrected chi connectivity index (χ4v) is 4.34. The lowest BCUT2D eigenvalue weighted by Gasteiger charge is -2.27. The van der Waals surface area contributed by atoms with Crippen molar-refractivity contribution in [2.75, 3.05) is 13.1 Å². The number of hydrogen-bond acceptors (Lipinski definition) is 4. The molecule has 1 saturated heterocycles. The van der Waals surface area contributed by atoms with Gasteiger partial charge in [0.25, 0.3) is 0 Å². The Labute approximate surface area is 159 Å². The van der Waals surface area contributed by atoms with Crippen LogP contribution >= 0.6 is 0 Å². The van der Waals surface area contributed by atoms with Gasteiger partial charge < -0.3 is 9.42 Å². The van der Waals surface area contributed by atoms with Crippen LogP contribution < -0.4 is 0 Å². The van der Waals surface area contributed by atoms with Crippen LogP contribution in [0.1, 0.15) is 66.4 Å². The molecular formula is C22H26N2O3. The molecule has 5 heteroatoms. The molecule has 1 amide bonds. The minimum Gasteiger partial charge on any atom is -0.360 e. The Kier molecular flexibility index (Phi) is 4.62. The van der Waals surface area contributed by atoms with Crippen molar-refractivity contribution in [3.05, 3.63) is 52.9 Å². The highest BCUT2D eigenvalue weighted by Crippen LogP contribution is 2.37. The van der Waals surface area contributed by atoms with E-state index in [1.807, 2.05) is 35.2 Å². The first kappa shape index (κ1) is 18.0. The number of benzene rings is 1. The molecule has 27 heavy (non-hydrogen) atoms. The number of rotatable bonds is 4. The van der Waals surface area contributed by atoms with Crippen LogP contribution in [0.4, 0.5) is 0 Å². The van der Waals surface area contributed by atoms with Gasteiger partial charge in [-0.2, -0.15) is 0 Å². The van der Waals surface area contributed by atoms with Crippen LogP contribution in [0, 0.1) is 5.41 Å². The Morgan fingerprint density at radius 1 is 1.19 bits per heavy atom. The molecule has 0 N–H and O–H groups in total. The summed E-state index contributed by atoms with van der Waals surface area (Å²) in [5.74, 6) is 0.546. The third kappa shape index (κ3) is 3.55. The topological polar surface area (TPSA) is 63.4 Å². The number of nitrogens with zero attached hydrogens (tertiary/aromatic N) is 2. The summed E-state index contributed by atoms with van der Waals surface area (Å²) < 4.78 is 5.54. The standard InChI is InChI=1S/C22H26N2O3/c1-22(2)13-18(25)20-17(23-27-19(20)14-22)12-16(15-8-4-3-5-9-15)21(26)24-10-6-7-11-24/h3-5,8-9,16H,6-7,10-14H2,1-2H3. The first-order valence-corrected chi connectivity index (χ1v) is 9.79. The van der Waals surface area contributed by atoms with Crippen molar-refractivity contribution in [1.82, 2.24) is 10.1 Å². The summed E-state index contributed by atoms with van der Waals surface area (Å²) in [5, 5.41) is 4.22. The Bertz CT molecular complexity index is 848. The quantitative estimate of drug-likeness (QED) is 0.826. The number of carbonyl (C=O) groups is 2. The van der Waals surface area contributed by atoms with Crippen molar-refractivity contribution >= 4 is 11.7 Å². The molecule has 1 aromatic heterocycles. The number of carbonyl (C=O) groups excluding carboxylic acids is 2. The Hall–Kier alpha value is -2.43. The molecule has 2 heterocycles. The van der Waals surface area contributed by atoms with Crippen molar-refractivity contribution in [1.29, 1.82) is 0 Å². The molecule has 1 unspecified atom stereocenters. The average molecular weight is 366 g/mol. The lowest BCUT2D eigenvalue weighted by molar-refractivity contribution is -0.131. The fourth-order valence-electron chi connectivity index (χ4n) is 4.34. The molecule has 0 bridgehead atoms. The first-order valence-electron chi connectivity index (χ1n) is 9.79. The minimum absolute atomic E-state index is 0.0814. The van der Waals surface area contributed by atoms with Crippen LogP contribution in [-0.4, -0.2) is 34.8 Å². The van der Waals surface area contributed by atoms with Crippen LogP contribution in [0.15, 0.2) is 34.9 Å². The van der Waals surface area contributed by atoms with E-state index in [0.717, 1.165) is 31.5 Å². The van der Waals surface area contributed by atoms with Gasteiger partial charge in [-0.3, -0.25) is 9.59 Å². The van der Waals surface area contributed by atoms with E-state index < -0.39 is 0 Å². The van der Waals surface area contributed by atoms with Gasteiger partial charge in [0, 0.05) is 32.4 Å². The molecule has 0 radical (unpaired) electrons. The first-order chi connectivity index (χ1) is 12.9. The Morgan fingerprint density at radius 3 is 2.59 bits per heavy atom. The molecule has 4 rings (SSSR count). The van der Waals surface area contributed by atoms with Gasteiger partial charge in [0.2, 0.25) is 5.91 Å². The van der Waals surface area contributed by atoms with E-state index in [9.17, 15) is 9.59 Å². The summed E-state index contributed by atoms with van der Waals surface area (Å²) in [4.78, 5) is 27.9. The molecule has 5 nitrogen and oxygen atoms in total. The summed E-state index contributed by atoms with van der Waals surface area (Å²) in [5.41, 5.74) is 2.11. The number of ketones is 1. The van der Waals surface area contributed by atoms with Crippen molar-refractivity contribution in [3.63, 3.8) is 0 Å². The van der Waals surface area contributed by atoms with Crippen molar-refractivity contribution in [3.8, 4) is 0 Å². The number of Topliss-reactive ketones (excluding diaryl/α,β-unsaturated/α-hetero) is 1. The zero-order valence-electron chi connectivity index (χ0n) is 16.0. The Morgan fingerprint density at radius 2 is 1.89 bits per heavy atom. The van der Waals surface area contributed by atoms with E-state index in [1.54, 1.807) is 0 Å². The van der Waals surface area contributed by atoms with Gasteiger partial charge >= 0.3 is 0 Å². The number of hydrogen-bond donors (Lipinski definition) is 0. The summed E-state index contributed by atoms with van der Waals surface area (Å²) in [6.45, 7) is 5.76. The van der Waals surface area contributed by atoms with Gasteiger partial charge in [-0.25, -0.2) is 0 Å². The second-order valence-corrected chi connectivity index (χ2v) is 8.57. The third-order valence-corrected chi connectivity index (χ3v) is 5.71. The average Bonchev–Trinajstić information content (AvgIpc) is 3.29. The molecule has 1 aliphatic carbocycles. The second-order valence-electron chi connectivity index (χ2n) is 8.57. The molecule has 1 atom stereocenters. The summed E-state index contributed by atoms with van der Waals surface area (Å²) >= 11 is 0. The van der Waals surface area contributed by atoms with Crippen LogP contribution in [0.2, 0.25) is 0 Å². The SMILES string of the molecule is CC1(C)CC(=O)c2c(CC(C(=O)N3CCCC3)c3ccccc3)noc2C1. The van der Waals surface area contributed by atoms with Crippen LogP contribution in [0.25, 0.3) is 0 Å². The van der Waals surface area contributed by atoms with Crippen LogP contribution in [-0.2, 0) is 17.6 Å². The fraction of sp³-hybridized carbons (Fsp3) is 0.500. The van der Waals surface area contributed by atoms with E-state index in [1.165, 1.54) is 0 Å². The predicted octanol–water partition coefficient (Wildman–Crippen LogP) is 3.78. The highest BCUT2D eigenvalue weighted by molar-refractivity contribution is 5.99. The summed E-state index contributed by atoms with van der Waals surface area (Å²) in [6, 6.07) is 9.81. The maximum absolute atomic E-state index is 13.2. The van der Waals surface area contributed by atoms with E-state index >= 15 is 0 Å². The summed E-state index contributed by atoms with van der Waals surface area (Å²) in [6.07, 6.45) is 3.71. The van der Waals surface area contributed by atoms with Crippen molar-refractivity contribution in [2.45, 2.75) is 51.9 Å². The summed E-state index contributed by atoms with van der Waals surface area (Å²) in [7, 11) is 0. The van der Waals surface area contributed by atoms with Gasteiger partial charge in [-0.15, -0.1) is 0 Å². The third-order valence-electron chi connectivity index (χ3n) is 5.71. The number of fused-ring (bicyclic) bond motifs is 1. The second kappa shape index (κ2) is 6.95. The molecule has 142 valence electrons. The number of likely N-dealkylation sites (tertiary alicyclic amines) is 1. The zero-order valence-corrected chi connectivity index (χ0v) is 16.0. The molecule has 1 fully saturated rings. The zero-order chi connectivity index (χ0) is 19.0. The highest BCUT2D eigenvalue weighted by atomic mass is 16.5. The van der Waals surface area contributed by atoms with Gasteiger partial charge in [-0.1, -0.05) is 49.3 Å². The van der Waals surface area contributed by atoms with Crippen molar-refractivity contribution in [2.24, 2.45) is 5.41 Å². The minimum atomic E-state index is -0.332. The van der Waals surface area contributed by atoms with E-state index in [2.05, 4.69) is 19.0 Å². The molecule has 0 spiro atoms. The van der Waals surface area contributed by atoms with Crippen LogP contribution in [0.5, 0.6) is 0 Å². The monoisotopic (exact) mass is 366 g/mol. The lowest BCUT2D eigenvalue weighted by Crippen LogP contribution is -2.34. The molecule has 2 aliphatic rings. The van der Waals surface area contributed by atoms with Gasteiger partial charge in [0.1, 0.15) is 5.76 Å². The maximum Gasteiger partial charge on any atom is 0.230 e. The maximum atomic E-state index is 13.2. The highest BCUT2D eigenvalue weighted by Gasteiger charge is 2.38. The van der Waals surface area contributed by atoms with Gasteiger partial charge in [0.15, 0.2) is 5.78 Å². The number of aromatic nitrogens is 1. The van der Waals surface area contributed by atoms with E-state index in [-0.39, 0.29) is 23.0 Å². The van der Waals surface area contributed by atoms with Crippen LogP contribution in [0.3, 0.4) is 0 Å². The molecule has 2 aromatic rings. The molecule has 1 aromatic carbocycles. The molecular weight excluding hydrogens is 340 g/mol.